The van der Waals surface area contributed by atoms with Gasteiger partial charge in [-0.25, -0.2) is 0 Å². The van der Waals surface area contributed by atoms with E-state index in [9.17, 15) is 0 Å². The summed E-state index contributed by atoms with van der Waals surface area (Å²) in [5.41, 5.74) is 4.47. The molecule has 2 rings (SSSR count). The highest BCUT2D eigenvalue weighted by atomic mass is 16.5. The Kier molecular flexibility index (Phi) is 3.06. The topological polar surface area (TPSA) is 27.1 Å². The molecule has 0 spiro atoms. The summed E-state index contributed by atoms with van der Waals surface area (Å²) in [7, 11) is 3.67. The first-order valence-corrected chi connectivity index (χ1v) is 5.31. The van der Waals surface area contributed by atoms with Crippen LogP contribution in [0.15, 0.2) is 30.3 Å². The largest absolute Gasteiger partial charge is 0.380 e. The van der Waals surface area contributed by atoms with Crippen LogP contribution >= 0.6 is 0 Å². The number of hydrogen-bond acceptors (Lipinski definition) is 2. The molecule has 1 aromatic carbocycles. The number of nitrogens with zero attached hydrogens (tertiary/aromatic N) is 2. The number of rotatable bonds is 3. The van der Waals surface area contributed by atoms with Crippen molar-refractivity contribution in [3.05, 3.63) is 41.6 Å². The molecule has 0 aliphatic rings. The number of benzene rings is 1. The molecule has 2 aromatic rings. The lowest BCUT2D eigenvalue weighted by atomic mass is 10.1. The Hall–Kier alpha value is -1.61. The molecule has 0 amide bonds. The minimum Gasteiger partial charge on any atom is -0.380 e. The van der Waals surface area contributed by atoms with E-state index in [0.29, 0.717) is 6.61 Å². The van der Waals surface area contributed by atoms with Crippen molar-refractivity contribution < 1.29 is 4.74 Å². The van der Waals surface area contributed by atoms with E-state index in [1.807, 2.05) is 29.9 Å². The first-order valence-electron chi connectivity index (χ1n) is 5.31. The monoisotopic (exact) mass is 216 g/mol. The molecule has 0 unspecified atom stereocenters. The molecule has 0 N–H and O–H groups in total. The zero-order chi connectivity index (χ0) is 11.5. The lowest BCUT2D eigenvalue weighted by molar-refractivity contribution is 0.184. The van der Waals surface area contributed by atoms with Gasteiger partial charge in [-0.2, -0.15) is 5.10 Å². The van der Waals surface area contributed by atoms with Gasteiger partial charge in [-0.3, -0.25) is 4.68 Å². The van der Waals surface area contributed by atoms with Crippen LogP contribution in [0.3, 0.4) is 0 Å². The summed E-state index contributed by atoms with van der Waals surface area (Å²) in [6.45, 7) is 2.66. The van der Waals surface area contributed by atoms with Gasteiger partial charge in [-0.15, -0.1) is 0 Å². The standard InChI is InChI=1S/C13H16N2O/c1-10-12(9-16-3)13(14-15(10)2)11-7-5-4-6-8-11/h4-8H,9H2,1-3H3. The fourth-order valence-corrected chi connectivity index (χ4v) is 1.80. The molecular formula is C13H16N2O. The van der Waals surface area contributed by atoms with Gasteiger partial charge >= 0.3 is 0 Å². The Balaban J connectivity index is 2.52. The third-order valence-corrected chi connectivity index (χ3v) is 2.79. The second-order valence-corrected chi connectivity index (χ2v) is 3.84. The molecule has 16 heavy (non-hydrogen) atoms. The minimum absolute atomic E-state index is 0.601. The van der Waals surface area contributed by atoms with E-state index in [1.54, 1.807) is 7.11 Å². The van der Waals surface area contributed by atoms with Crippen molar-refractivity contribution in [1.29, 1.82) is 0 Å². The Morgan fingerprint density at radius 2 is 1.94 bits per heavy atom. The van der Waals surface area contributed by atoms with E-state index in [0.717, 1.165) is 22.5 Å². The molecule has 0 saturated carbocycles. The fourth-order valence-electron chi connectivity index (χ4n) is 1.80. The van der Waals surface area contributed by atoms with Crippen LogP contribution in [0.4, 0.5) is 0 Å². The van der Waals surface area contributed by atoms with E-state index in [2.05, 4.69) is 24.2 Å². The van der Waals surface area contributed by atoms with Gasteiger partial charge in [0.25, 0.3) is 0 Å². The maximum absolute atomic E-state index is 5.23. The average molecular weight is 216 g/mol. The predicted octanol–water partition coefficient (Wildman–Crippen LogP) is 2.54. The van der Waals surface area contributed by atoms with Crippen molar-refractivity contribution in [2.45, 2.75) is 13.5 Å². The molecule has 1 heterocycles. The van der Waals surface area contributed by atoms with Crippen LogP contribution in [-0.2, 0) is 18.4 Å². The molecule has 0 aliphatic heterocycles. The molecule has 0 aliphatic carbocycles. The zero-order valence-corrected chi connectivity index (χ0v) is 9.90. The van der Waals surface area contributed by atoms with Crippen LogP contribution in [0.2, 0.25) is 0 Å². The van der Waals surface area contributed by atoms with Gasteiger partial charge in [0.1, 0.15) is 0 Å². The van der Waals surface area contributed by atoms with Crippen LogP contribution in [0, 0.1) is 6.92 Å². The summed E-state index contributed by atoms with van der Waals surface area (Å²) in [4.78, 5) is 0. The van der Waals surface area contributed by atoms with Gasteiger partial charge in [0.15, 0.2) is 0 Å². The smallest absolute Gasteiger partial charge is 0.0981 e. The summed E-state index contributed by atoms with van der Waals surface area (Å²) < 4.78 is 7.13. The van der Waals surface area contributed by atoms with Crippen molar-refractivity contribution in [2.24, 2.45) is 7.05 Å². The summed E-state index contributed by atoms with van der Waals surface area (Å²) in [5.74, 6) is 0. The van der Waals surface area contributed by atoms with Crippen molar-refractivity contribution in [3.8, 4) is 11.3 Å². The van der Waals surface area contributed by atoms with Crippen molar-refractivity contribution in [1.82, 2.24) is 9.78 Å². The van der Waals surface area contributed by atoms with E-state index in [4.69, 9.17) is 4.74 Å². The van der Waals surface area contributed by atoms with Crippen LogP contribution < -0.4 is 0 Å². The summed E-state index contributed by atoms with van der Waals surface area (Å²) in [6, 6.07) is 10.2. The molecule has 3 nitrogen and oxygen atoms in total. The highest BCUT2D eigenvalue weighted by Crippen LogP contribution is 2.24. The third-order valence-electron chi connectivity index (χ3n) is 2.79. The summed E-state index contributed by atoms with van der Waals surface area (Å²) >= 11 is 0. The Labute approximate surface area is 95.7 Å². The first kappa shape index (κ1) is 10.9. The van der Waals surface area contributed by atoms with Crippen LogP contribution in [0.5, 0.6) is 0 Å². The van der Waals surface area contributed by atoms with Gasteiger partial charge in [-0.1, -0.05) is 30.3 Å². The van der Waals surface area contributed by atoms with E-state index < -0.39 is 0 Å². The van der Waals surface area contributed by atoms with Crippen LogP contribution in [0.25, 0.3) is 11.3 Å². The molecule has 84 valence electrons. The van der Waals surface area contributed by atoms with Crippen LogP contribution in [0.1, 0.15) is 11.3 Å². The van der Waals surface area contributed by atoms with Crippen molar-refractivity contribution in [3.63, 3.8) is 0 Å². The van der Waals surface area contributed by atoms with E-state index in [1.165, 1.54) is 0 Å². The van der Waals surface area contributed by atoms with Gasteiger partial charge in [-0.05, 0) is 6.92 Å². The van der Waals surface area contributed by atoms with E-state index >= 15 is 0 Å². The average Bonchev–Trinajstić information content (AvgIpc) is 2.59. The molecule has 0 atom stereocenters. The Bertz CT molecular complexity index is 474. The lowest BCUT2D eigenvalue weighted by Gasteiger charge is -2.02. The first-order chi connectivity index (χ1) is 7.74. The Morgan fingerprint density at radius 1 is 1.25 bits per heavy atom. The van der Waals surface area contributed by atoms with Gasteiger partial charge in [0.05, 0.1) is 12.3 Å². The fraction of sp³-hybridized carbons (Fsp3) is 0.308. The summed E-state index contributed by atoms with van der Waals surface area (Å²) in [5, 5.41) is 4.54. The quantitative estimate of drug-likeness (QED) is 0.788. The molecule has 0 fully saturated rings. The Morgan fingerprint density at radius 3 is 2.56 bits per heavy atom. The van der Waals surface area contributed by atoms with Crippen molar-refractivity contribution in [2.75, 3.05) is 7.11 Å². The van der Waals surface area contributed by atoms with Crippen LogP contribution in [-0.4, -0.2) is 16.9 Å². The number of aryl methyl sites for hydroxylation is 1. The van der Waals surface area contributed by atoms with Crippen molar-refractivity contribution >= 4 is 0 Å². The zero-order valence-electron chi connectivity index (χ0n) is 9.90. The summed E-state index contributed by atoms with van der Waals surface area (Å²) in [6.07, 6.45) is 0. The van der Waals surface area contributed by atoms with Gasteiger partial charge in [0, 0.05) is 31.0 Å². The normalized spacial score (nSPS) is 10.7. The highest BCUT2D eigenvalue weighted by molar-refractivity contribution is 5.63. The highest BCUT2D eigenvalue weighted by Gasteiger charge is 2.13. The minimum atomic E-state index is 0.601. The SMILES string of the molecule is COCc1c(-c2ccccc2)nn(C)c1C. The molecular weight excluding hydrogens is 200 g/mol. The number of hydrogen-bond donors (Lipinski definition) is 0. The molecule has 0 saturated heterocycles. The number of methoxy groups -OCH3 is 1. The molecule has 0 bridgehead atoms. The maximum atomic E-state index is 5.23. The number of ether oxygens (including phenoxy) is 1. The lowest BCUT2D eigenvalue weighted by Crippen LogP contribution is -1.94. The maximum Gasteiger partial charge on any atom is 0.0981 e. The second kappa shape index (κ2) is 4.49. The molecule has 3 heteroatoms. The predicted molar refractivity (Wildman–Crippen MR) is 64.1 cm³/mol. The number of aromatic nitrogens is 2. The molecule has 0 radical (unpaired) electrons. The third kappa shape index (κ3) is 1.86. The molecule has 1 aromatic heterocycles. The van der Waals surface area contributed by atoms with Gasteiger partial charge in [0.2, 0.25) is 0 Å². The second-order valence-electron chi connectivity index (χ2n) is 3.84. The van der Waals surface area contributed by atoms with Gasteiger partial charge < -0.3 is 4.74 Å². The van der Waals surface area contributed by atoms with E-state index in [-0.39, 0.29) is 0 Å².